The van der Waals surface area contributed by atoms with E-state index in [1.165, 1.54) is 0 Å². The minimum Gasteiger partial charge on any atom is -0.396 e. The van der Waals surface area contributed by atoms with Crippen molar-refractivity contribution in [1.29, 1.82) is 0 Å². The van der Waals surface area contributed by atoms with E-state index in [4.69, 9.17) is 9.84 Å². The van der Waals surface area contributed by atoms with Crippen LogP contribution in [0.2, 0.25) is 0 Å². The highest BCUT2D eigenvalue weighted by Crippen LogP contribution is 2.03. The summed E-state index contributed by atoms with van der Waals surface area (Å²) in [7, 11) is 0. The topological polar surface area (TPSA) is 29.5 Å². The predicted molar refractivity (Wildman–Crippen MR) is 46.6 cm³/mol. The molecule has 11 heavy (non-hydrogen) atoms. The number of aliphatic hydroxyl groups is 1. The molecular formula is C9H20O2. The molecule has 0 saturated carbocycles. The molecule has 0 aliphatic carbocycles. The van der Waals surface area contributed by atoms with Crippen molar-refractivity contribution in [3.8, 4) is 0 Å². The Hall–Kier alpha value is -0.0800. The van der Waals surface area contributed by atoms with E-state index in [1.54, 1.807) is 0 Å². The zero-order valence-electron chi connectivity index (χ0n) is 7.68. The van der Waals surface area contributed by atoms with E-state index in [1.807, 2.05) is 0 Å². The molecule has 2 nitrogen and oxygen atoms in total. The first kappa shape index (κ1) is 10.9. The molecule has 0 aliphatic rings. The summed E-state index contributed by atoms with van der Waals surface area (Å²) in [5, 5.41) is 8.51. The minimum absolute atomic E-state index is 0.306. The lowest BCUT2D eigenvalue weighted by Crippen LogP contribution is -2.08. The maximum absolute atomic E-state index is 8.51. The van der Waals surface area contributed by atoms with Gasteiger partial charge in [0.1, 0.15) is 0 Å². The summed E-state index contributed by atoms with van der Waals surface area (Å²) in [4.78, 5) is 0. The fourth-order valence-electron chi connectivity index (χ4n) is 0.946. The van der Waals surface area contributed by atoms with Crippen LogP contribution in [0.4, 0.5) is 0 Å². The number of hydrogen-bond donors (Lipinski definition) is 1. The molecule has 0 spiro atoms. The third-order valence-corrected chi connectivity index (χ3v) is 1.63. The summed E-state index contributed by atoms with van der Waals surface area (Å²) in [5.41, 5.74) is 0. The Bertz CT molecular complexity index is 74.0. The summed E-state index contributed by atoms with van der Waals surface area (Å²) < 4.78 is 5.46. The number of aliphatic hydroxyl groups excluding tert-OH is 1. The van der Waals surface area contributed by atoms with Crippen molar-refractivity contribution in [2.45, 2.75) is 45.6 Å². The Morgan fingerprint density at radius 1 is 1.36 bits per heavy atom. The van der Waals surface area contributed by atoms with Crippen LogP contribution in [0.25, 0.3) is 0 Å². The van der Waals surface area contributed by atoms with Crippen molar-refractivity contribution in [3.05, 3.63) is 0 Å². The van der Waals surface area contributed by atoms with Crippen LogP contribution in [0.15, 0.2) is 0 Å². The largest absolute Gasteiger partial charge is 0.396 e. The highest BCUT2D eigenvalue weighted by Gasteiger charge is 1.99. The van der Waals surface area contributed by atoms with Gasteiger partial charge in [0.2, 0.25) is 0 Å². The molecule has 0 heterocycles. The van der Waals surface area contributed by atoms with Crippen molar-refractivity contribution in [1.82, 2.24) is 0 Å². The van der Waals surface area contributed by atoms with Crippen LogP contribution in [0, 0.1) is 0 Å². The highest BCUT2D eigenvalue weighted by molar-refractivity contribution is 4.50. The molecule has 0 fully saturated rings. The molecule has 0 aliphatic heterocycles. The molecule has 68 valence electrons. The standard InChI is InChI=1S/C9H20O2/c1-3-8-11-9(2)6-4-5-7-10/h9-10H,3-8H2,1-2H3. The average molecular weight is 160 g/mol. The normalized spacial score (nSPS) is 13.4. The van der Waals surface area contributed by atoms with Crippen LogP contribution in [0.1, 0.15) is 39.5 Å². The second-order valence-electron chi connectivity index (χ2n) is 2.90. The summed E-state index contributed by atoms with van der Waals surface area (Å²) in [6.45, 7) is 5.37. The lowest BCUT2D eigenvalue weighted by molar-refractivity contribution is 0.0581. The maximum Gasteiger partial charge on any atom is 0.0547 e. The number of ether oxygens (including phenoxy) is 1. The van der Waals surface area contributed by atoms with Gasteiger partial charge in [-0.25, -0.2) is 0 Å². The van der Waals surface area contributed by atoms with E-state index in [2.05, 4.69) is 13.8 Å². The van der Waals surface area contributed by atoms with E-state index in [-0.39, 0.29) is 0 Å². The molecule has 1 unspecified atom stereocenters. The van der Waals surface area contributed by atoms with Gasteiger partial charge in [0.05, 0.1) is 6.10 Å². The van der Waals surface area contributed by atoms with E-state index in [0.29, 0.717) is 12.7 Å². The molecular weight excluding hydrogens is 140 g/mol. The average Bonchev–Trinajstić information content (AvgIpc) is 2.01. The van der Waals surface area contributed by atoms with E-state index in [0.717, 1.165) is 32.3 Å². The van der Waals surface area contributed by atoms with E-state index < -0.39 is 0 Å². The summed E-state index contributed by atoms with van der Waals surface area (Å²) >= 11 is 0. The second kappa shape index (κ2) is 8.02. The first-order valence-electron chi connectivity index (χ1n) is 4.53. The molecule has 0 bridgehead atoms. The Morgan fingerprint density at radius 3 is 2.64 bits per heavy atom. The van der Waals surface area contributed by atoms with Gasteiger partial charge in [-0.3, -0.25) is 0 Å². The van der Waals surface area contributed by atoms with Gasteiger partial charge in [0, 0.05) is 13.2 Å². The molecule has 0 aromatic heterocycles. The Kier molecular flexibility index (Phi) is 7.96. The molecule has 0 saturated heterocycles. The van der Waals surface area contributed by atoms with E-state index >= 15 is 0 Å². The zero-order chi connectivity index (χ0) is 8.53. The molecule has 0 radical (unpaired) electrons. The Labute approximate surface area is 69.6 Å². The van der Waals surface area contributed by atoms with Crippen LogP contribution in [-0.4, -0.2) is 24.4 Å². The third kappa shape index (κ3) is 7.82. The third-order valence-electron chi connectivity index (χ3n) is 1.63. The quantitative estimate of drug-likeness (QED) is 0.577. The Morgan fingerprint density at radius 2 is 2.09 bits per heavy atom. The lowest BCUT2D eigenvalue weighted by atomic mass is 10.2. The van der Waals surface area contributed by atoms with Gasteiger partial charge in [-0.2, -0.15) is 0 Å². The fourth-order valence-corrected chi connectivity index (χ4v) is 0.946. The van der Waals surface area contributed by atoms with Crippen LogP contribution in [0.5, 0.6) is 0 Å². The zero-order valence-corrected chi connectivity index (χ0v) is 7.68. The summed E-state index contributed by atoms with van der Waals surface area (Å²) in [5.74, 6) is 0. The molecule has 2 heteroatoms. The van der Waals surface area contributed by atoms with Gasteiger partial charge < -0.3 is 9.84 Å². The first-order valence-corrected chi connectivity index (χ1v) is 4.53. The van der Waals surface area contributed by atoms with Crippen molar-refractivity contribution in [2.75, 3.05) is 13.2 Å². The predicted octanol–water partition coefficient (Wildman–Crippen LogP) is 1.96. The van der Waals surface area contributed by atoms with Crippen LogP contribution in [-0.2, 0) is 4.74 Å². The van der Waals surface area contributed by atoms with Gasteiger partial charge in [0.15, 0.2) is 0 Å². The van der Waals surface area contributed by atoms with Crippen LogP contribution < -0.4 is 0 Å². The van der Waals surface area contributed by atoms with Gasteiger partial charge in [-0.15, -0.1) is 0 Å². The monoisotopic (exact) mass is 160 g/mol. The number of unbranched alkanes of at least 4 members (excludes halogenated alkanes) is 1. The van der Waals surface area contributed by atoms with Crippen LogP contribution in [0.3, 0.4) is 0 Å². The minimum atomic E-state index is 0.306. The van der Waals surface area contributed by atoms with Crippen molar-refractivity contribution >= 4 is 0 Å². The molecule has 1 N–H and O–H groups in total. The molecule has 0 aromatic rings. The van der Waals surface area contributed by atoms with Gasteiger partial charge >= 0.3 is 0 Å². The maximum atomic E-state index is 8.51. The van der Waals surface area contributed by atoms with Crippen molar-refractivity contribution in [2.24, 2.45) is 0 Å². The summed E-state index contributed by atoms with van der Waals surface area (Å²) in [6.07, 6.45) is 4.49. The molecule has 0 amide bonds. The molecule has 1 atom stereocenters. The second-order valence-corrected chi connectivity index (χ2v) is 2.90. The fraction of sp³-hybridized carbons (Fsp3) is 1.00. The Balaban J connectivity index is 3.02. The van der Waals surface area contributed by atoms with Gasteiger partial charge in [0.25, 0.3) is 0 Å². The van der Waals surface area contributed by atoms with Crippen LogP contribution >= 0.6 is 0 Å². The summed E-state index contributed by atoms with van der Waals surface area (Å²) in [6, 6.07) is 0. The van der Waals surface area contributed by atoms with Crippen molar-refractivity contribution < 1.29 is 9.84 Å². The smallest absolute Gasteiger partial charge is 0.0547 e. The highest BCUT2D eigenvalue weighted by atomic mass is 16.5. The first-order chi connectivity index (χ1) is 5.31. The molecule has 0 aromatic carbocycles. The van der Waals surface area contributed by atoms with E-state index in [9.17, 15) is 0 Å². The van der Waals surface area contributed by atoms with Crippen molar-refractivity contribution in [3.63, 3.8) is 0 Å². The lowest BCUT2D eigenvalue weighted by Gasteiger charge is -2.11. The van der Waals surface area contributed by atoms with Gasteiger partial charge in [-0.1, -0.05) is 6.92 Å². The SMILES string of the molecule is CCCOC(C)CCCCO. The van der Waals surface area contributed by atoms with Gasteiger partial charge in [-0.05, 0) is 32.6 Å². The number of rotatable bonds is 7. The number of hydrogen-bond acceptors (Lipinski definition) is 2. The molecule has 0 rings (SSSR count).